The standard InChI is InChI=1S/C15H17N5O2/c1-4-12-17-15(22-19-12)9(2)16-14(21)13-10-7-5-6-8-11(10)20(3)18-13/h5-9H,4H2,1-3H3,(H,16,21). The first-order chi connectivity index (χ1) is 10.6. The van der Waals surface area contributed by atoms with Crippen LogP contribution in [-0.2, 0) is 13.5 Å². The zero-order chi connectivity index (χ0) is 15.7. The van der Waals surface area contributed by atoms with Crippen LogP contribution in [0.4, 0.5) is 0 Å². The Kier molecular flexibility index (Phi) is 3.62. The van der Waals surface area contributed by atoms with Crippen molar-refractivity contribution < 1.29 is 9.32 Å². The summed E-state index contributed by atoms with van der Waals surface area (Å²) in [5.41, 5.74) is 1.30. The average molecular weight is 299 g/mol. The number of aryl methyl sites for hydroxylation is 2. The lowest BCUT2D eigenvalue weighted by Crippen LogP contribution is -2.27. The lowest BCUT2D eigenvalue weighted by atomic mass is 10.2. The number of hydrogen-bond acceptors (Lipinski definition) is 5. The first-order valence-electron chi connectivity index (χ1n) is 7.15. The first kappa shape index (κ1) is 14.2. The molecule has 1 amide bonds. The molecule has 2 aromatic heterocycles. The van der Waals surface area contributed by atoms with Gasteiger partial charge in [-0.3, -0.25) is 9.48 Å². The van der Waals surface area contributed by atoms with Gasteiger partial charge < -0.3 is 9.84 Å². The van der Waals surface area contributed by atoms with Crippen LogP contribution in [0.15, 0.2) is 28.8 Å². The third-order valence-electron chi connectivity index (χ3n) is 3.49. The van der Waals surface area contributed by atoms with E-state index in [2.05, 4.69) is 20.6 Å². The number of carbonyl (C=O) groups is 1. The van der Waals surface area contributed by atoms with E-state index in [0.717, 1.165) is 10.9 Å². The number of nitrogens with one attached hydrogen (secondary N) is 1. The van der Waals surface area contributed by atoms with Crippen molar-refractivity contribution in [2.24, 2.45) is 7.05 Å². The largest absolute Gasteiger partial charge is 0.339 e. The number of nitrogens with zero attached hydrogens (tertiary/aromatic N) is 4. The summed E-state index contributed by atoms with van der Waals surface area (Å²) in [6.07, 6.45) is 0.690. The third kappa shape index (κ3) is 2.45. The quantitative estimate of drug-likeness (QED) is 0.796. The number of hydrogen-bond donors (Lipinski definition) is 1. The van der Waals surface area contributed by atoms with Gasteiger partial charge in [0.05, 0.1) is 5.52 Å². The van der Waals surface area contributed by atoms with E-state index in [1.807, 2.05) is 38.2 Å². The Morgan fingerprint density at radius 2 is 2.18 bits per heavy atom. The maximum atomic E-state index is 12.5. The van der Waals surface area contributed by atoms with E-state index < -0.39 is 0 Å². The molecule has 0 fully saturated rings. The Balaban J connectivity index is 1.84. The Labute approximate surface area is 127 Å². The fraction of sp³-hybridized carbons (Fsp3) is 0.333. The molecule has 0 saturated carbocycles. The molecule has 114 valence electrons. The SMILES string of the molecule is CCc1noc(C(C)NC(=O)c2nn(C)c3ccccc23)n1. The molecule has 0 saturated heterocycles. The number of rotatable bonds is 4. The molecule has 2 heterocycles. The molecule has 0 radical (unpaired) electrons. The molecule has 7 heteroatoms. The maximum absolute atomic E-state index is 12.5. The maximum Gasteiger partial charge on any atom is 0.273 e. The first-order valence-corrected chi connectivity index (χ1v) is 7.15. The highest BCUT2D eigenvalue weighted by Gasteiger charge is 2.21. The van der Waals surface area contributed by atoms with Crippen molar-refractivity contribution in [1.82, 2.24) is 25.2 Å². The van der Waals surface area contributed by atoms with Crippen LogP contribution in [0.3, 0.4) is 0 Å². The fourth-order valence-corrected chi connectivity index (χ4v) is 2.30. The minimum absolute atomic E-state index is 0.263. The average Bonchev–Trinajstić information content (AvgIpc) is 3.13. The molecule has 0 bridgehead atoms. The van der Waals surface area contributed by atoms with Crippen LogP contribution < -0.4 is 5.32 Å². The van der Waals surface area contributed by atoms with Crippen LogP contribution in [0.2, 0.25) is 0 Å². The Hall–Kier alpha value is -2.70. The highest BCUT2D eigenvalue weighted by atomic mass is 16.5. The van der Waals surface area contributed by atoms with Crippen molar-refractivity contribution in [2.45, 2.75) is 26.3 Å². The summed E-state index contributed by atoms with van der Waals surface area (Å²) in [6, 6.07) is 7.23. The minimum Gasteiger partial charge on any atom is -0.339 e. The number of amides is 1. The van der Waals surface area contributed by atoms with Crippen LogP contribution in [0.1, 0.15) is 42.1 Å². The Morgan fingerprint density at radius 3 is 2.91 bits per heavy atom. The zero-order valence-corrected chi connectivity index (χ0v) is 12.7. The summed E-state index contributed by atoms with van der Waals surface area (Å²) >= 11 is 0. The van der Waals surface area contributed by atoms with Gasteiger partial charge in [0, 0.05) is 18.9 Å². The van der Waals surface area contributed by atoms with Crippen molar-refractivity contribution in [3.05, 3.63) is 41.7 Å². The molecule has 0 aliphatic rings. The molecular formula is C15H17N5O2. The van der Waals surface area contributed by atoms with Gasteiger partial charge >= 0.3 is 0 Å². The van der Waals surface area contributed by atoms with Gasteiger partial charge in [0.25, 0.3) is 5.91 Å². The number of aromatic nitrogens is 4. The number of fused-ring (bicyclic) bond motifs is 1. The van der Waals surface area contributed by atoms with Crippen LogP contribution >= 0.6 is 0 Å². The van der Waals surface area contributed by atoms with Gasteiger partial charge in [-0.15, -0.1) is 0 Å². The summed E-state index contributed by atoms with van der Waals surface area (Å²) in [6.45, 7) is 3.74. The molecule has 0 spiro atoms. The van der Waals surface area contributed by atoms with E-state index in [4.69, 9.17) is 4.52 Å². The molecule has 1 N–H and O–H groups in total. The van der Waals surface area contributed by atoms with Crippen LogP contribution in [0.25, 0.3) is 10.9 Å². The highest BCUT2D eigenvalue weighted by molar-refractivity contribution is 6.04. The van der Waals surface area contributed by atoms with Gasteiger partial charge in [-0.1, -0.05) is 30.3 Å². The summed E-state index contributed by atoms with van der Waals surface area (Å²) < 4.78 is 6.84. The van der Waals surface area contributed by atoms with Gasteiger partial charge in [-0.25, -0.2) is 0 Å². The zero-order valence-electron chi connectivity index (χ0n) is 12.7. The second kappa shape index (κ2) is 5.59. The fourth-order valence-electron chi connectivity index (χ4n) is 2.30. The molecule has 0 aliphatic carbocycles. The normalized spacial score (nSPS) is 12.5. The number of carbonyl (C=O) groups excluding carboxylic acids is 1. The van der Waals surface area contributed by atoms with E-state index in [1.54, 1.807) is 11.6 Å². The van der Waals surface area contributed by atoms with Gasteiger partial charge in [-0.05, 0) is 13.0 Å². The lowest BCUT2D eigenvalue weighted by molar-refractivity contribution is 0.0928. The topological polar surface area (TPSA) is 85.8 Å². The molecule has 1 atom stereocenters. The third-order valence-corrected chi connectivity index (χ3v) is 3.49. The molecular weight excluding hydrogens is 282 g/mol. The Morgan fingerprint density at radius 1 is 1.41 bits per heavy atom. The molecule has 3 rings (SSSR count). The number of para-hydroxylation sites is 1. The van der Waals surface area contributed by atoms with Gasteiger partial charge in [0.15, 0.2) is 11.5 Å². The molecule has 1 unspecified atom stereocenters. The lowest BCUT2D eigenvalue weighted by Gasteiger charge is -2.08. The Bertz CT molecular complexity index is 820. The van der Waals surface area contributed by atoms with Crippen molar-refractivity contribution >= 4 is 16.8 Å². The summed E-state index contributed by atoms with van der Waals surface area (Å²) in [4.78, 5) is 16.7. The summed E-state index contributed by atoms with van der Waals surface area (Å²) in [5, 5.41) is 11.8. The van der Waals surface area contributed by atoms with Crippen molar-refractivity contribution in [2.75, 3.05) is 0 Å². The van der Waals surface area contributed by atoms with Crippen molar-refractivity contribution in [3.8, 4) is 0 Å². The van der Waals surface area contributed by atoms with Gasteiger partial charge in [0.2, 0.25) is 5.89 Å². The summed E-state index contributed by atoms with van der Waals surface area (Å²) in [5.74, 6) is 0.755. The van der Waals surface area contributed by atoms with Crippen molar-refractivity contribution in [1.29, 1.82) is 0 Å². The molecule has 22 heavy (non-hydrogen) atoms. The predicted octanol–water partition coefficient (Wildman–Crippen LogP) is 2.01. The van der Waals surface area contributed by atoms with Crippen LogP contribution in [-0.4, -0.2) is 25.8 Å². The van der Waals surface area contributed by atoms with Gasteiger partial charge in [-0.2, -0.15) is 10.1 Å². The smallest absolute Gasteiger partial charge is 0.273 e. The van der Waals surface area contributed by atoms with E-state index >= 15 is 0 Å². The van der Waals surface area contributed by atoms with Crippen molar-refractivity contribution in [3.63, 3.8) is 0 Å². The molecule has 3 aromatic rings. The summed E-state index contributed by atoms with van der Waals surface area (Å²) in [7, 11) is 1.81. The monoisotopic (exact) mass is 299 g/mol. The van der Waals surface area contributed by atoms with Crippen LogP contribution in [0, 0.1) is 0 Å². The highest BCUT2D eigenvalue weighted by Crippen LogP contribution is 2.18. The van der Waals surface area contributed by atoms with E-state index in [-0.39, 0.29) is 11.9 Å². The predicted molar refractivity (Wildman–Crippen MR) is 80.3 cm³/mol. The molecule has 7 nitrogen and oxygen atoms in total. The second-order valence-corrected chi connectivity index (χ2v) is 5.09. The number of benzene rings is 1. The minimum atomic E-state index is -0.374. The van der Waals surface area contributed by atoms with Crippen LogP contribution in [0.5, 0.6) is 0 Å². The van der Waals surface area contributed by atoms with E-state index in [0.29, 0.717) is 23.8 Å². The van der Waals surface area contributed by atoms with E-state index in [9.17, 15) is 4.79 Å². The van der Waals surface area contributed by atoms with Gasteiger partial charge in [0.1, 0.15) is 6.04 Å². The molecule has 0 aliphatic heterocycles. The second-order valence-electron chi connectivity index (χ2n) is 5.09. The molecule has 1 aromatic carbocycles. The van der Waals surface area contributed by atoms with E-state index in [1.165, 1.54) is 0 Å².